The van der Waals surface area contributed by atoms with Crippen molar-refractivity contribution < 1.29 is 14.3 Å². The summed E-state index contributed by atoms with van der Waals surface area (Å²) >= 11 is 0. The van der Waals surface area contributed by atoms with Crippen molar-refractivity contribution in [2.45, 2.75) is 13.3 Å². The molecule has 2 rings (SSSR count). The number of aryl methyl sites for hydroxylation is 1. The Morgan fingerprint density at radius 3 is 2.56 bits per heavy atom. The lowest BCUT2D eigenvalue weighted by Crippen LogP contribution is -1.94. The van der Waals surface area contributed by atoms with Gasteiger partial charge in [0.2, 0.25) is 0 Å². The molecule has 0 saturated heterocycles. The topological polar surface area (TPSA) is 63.3 Å². The Hall–Kier alpha value is -2.10. The van der Waals surface area contributed by atoms with Crippen LogP contribution in [0, 0.1) is 0 Å². The summed E-state index contributed by atoms with van der Waals surface area (Å²) in [5.74, 6) is -0.967. The fraction of sp³-hybridized carbons (Fsp3) is 0.167. The van der Waals surface area contributed by atoms with Gasteiger partial charge in [0.25, 0.3) is 0 Å². The van der Waals surface area contributed by atoms with Crippen LogP contribution in [-0.2, 0) is 6.42 Å². The molecule has 4 heteroatoms. The first-order valence-electron chi connectivity index (χ1n) is 4.99. The molecule has 1 aromatic heterocycles. The monoisotopic (exact) mass is 217 g/mol. The lowest BCUT2D eigenvalue weighted by Gasteiger charge is -1.98. The zero-order valence-corrected chi connectivity index (χ0v) is 8.80. The first kappa shape index (κ1) is 10.4. The zero-order valence-electron chi connectivity index (χ0n) is 8.80. The number of rotatable bonds is 3. The van der Waals surface area contributed by atoms with E-state index >= 15 is 0 Å². The number of aromatic nitrogens is 1. The van der Waals surface area contributed by atoms with Gasteiger partial charge in [0.05, 0.1) is 6.20 Å². The molecule has 82 valence electrons. The lowest BCUT2D eigenvalue weighted by atomic mass is 10.1. The summed E-state index contributed by atoms with van der Waals surface area (Å²) in [6, 6.07) is 7.76. The first-order chi connectivity index (χ1) is 7.70. The Kier molecular flexibility index (Phi) is 2.72. The smallest absolute Gasteiger partial charge is 0.392 e. The van der Waals surface area contributed by atoms with E-state index in [0.29, 0.717) is 5.76 Å². The molecule has 0 bridgehead atoms. The summed E-state index contributed by atoms with van der Waals surface area (Å²) in [6.45, 7) is 2.08. The zero-order chi connectivity index (χ0) is 11.5. The Labute approximate surface area is 92.6 Å². The number of hydrogen-bond acceptors (Lipinski definition) is 3. The third kappa shape index (κ3) is 1.95. The third-order valence-corrected chi connectivity index (χ3v) is 2.34. The van der Waals surface area contributed by atoms with E-state index in [1.54, 1.807) is 0 Å². The van der Waals surface area contributed by atoms with Crippen molar-refractivity contribution in [1.29, 1.82) is 0 Å². The van der Waals surface area contributed by atoms with Gasteiger partial charge in [-0.1, -0.05) is 31.2 Å². The van der Waals surface area contributed by atoms with Crippen molar-refractivity contribution in [3.8, 4) is 11.3 Å². The van der Waals surface area contributed by atoms with Crippen molar-refractivity contribution in [1.82, 2.24) is 4.98 Å². The molecular formula is C12H11NO3. The Morgan fingerprint density at radius 2 is 2.06 bits per heavy atom. The molecule has 1 heterocycles. The van der Waals surface area contributed by atoms with E-state index in [4.69, 9.17) is 9.52 Å². The van der Waals surface area contributed by atoms with Gasteiger partial charge in [0, 0.05) is 5.56 Å². The van der Waals surface area contributed by atoms with Crippen LogP contribution < -0.4 is 0 Å². The molecule has 4 nitrogen and oxygen atoms in total. The van der Waals surface area contributed by atoms with Crippen molar-refractivity contribution in [2.75, 3.05) is 0 Å². The summed E-state index contributed by atoms with van der Waals surface area (Å²) in [5.41, 5.74) is 2.05. The summed E-state index contributed by atoms with van der Waals surface area (Å²) in [4.78, 5) is 14.3. The van der Waals surface area contributed by atoms with Crippen LogP contribution >= 0.6 is 0 Å². The largest absolute Gasteiger partial charge is 0.474 e. The highest BCUT2D eigenvalue weighted by Crippen LogP contribution is 2.20. The van der Waals surface area contributed by atoms with Crippen LogP contribution in [0.2, 0.25) is 0 Å². The molecular weight excluding hydrogens is 206 g/mol. The maximum Gasteiger partial charge on any atom is 0.392 e. The fourth-order valence-corrected chi connectivity index (χ4v) is 1.41. The highest BCUT2D eigenvalue weighted by atomic mass is 16.4. The first-order valence-corrected chi connectivity index (χ1v) is 4.99. The molecule has 0 aliphatic carbocycles. The molecule has 0 aliphatic heterocycles. The van der Waals surface area contributed by atoms with Gasteiger partial charge in [-0.25, -0.2) is 9.78 Å². The van der Waals surface area contributed by atoms with Crippen molar-refractivity contribution in [3.05, 3.63) is 41.9 Å². The van der Waals surface area contributed by atoms with E-state index in [2.05, 4.69) is 11.9 Å². The van der Waals surface area contributed by atoms with E-state index in [0.717, 1.165) is 12.0 Å². The predicted molar refractivity (Wildman–Crippen MR) is 58.3 cm³/mol. The molecule has 0 saturated carbocycles. The van der Waals surface area contributed by atoms with E-state index in [1.807, 2.05) is 24.3 Å². The fourth-order valence-electron chi connectivity index (χ4n) is 1.41. The average molecular weight is 217 g/mol. The standard InChI is InChI=1S/C12H11NO3/c1-2-8-3-5-9(6-4-8)10-7-13-11(16-10)12(14)15/h3-7H,2H2,1H3,(H,14,15). The molecule has 2 aromatic rings. The SMILES string of the molecule is CCc1ccc(-c2cnc(C(=O)O)o2)cc1. The maximum atomic E-state index is 10.6. The summed E-state index contributed by atoms with van der Waals surface area (Å²) in [5, 5.41) is 8.67. The van der Waals surface area contributed by atoms with Crippen LogP contribution in [-0.4, -0.2) is 16.1 Å². The number of aromatic carboxylic acids is 1. The minimum absolute atomic E-state index is 0.283. The summed E-state index contributed by atoms with van der Waals surface area (Å²) < 4.78 is 5.09. The maximum absolute atomic E-state index is 10.6. The molecule has 1 N–H and O–H groups in total. The van der Waals surface area contributed by atoms with Crippen LogP contribution in [0.25, 0.3) is 11.3 Å². The van der Waals surface area contributed by atoms with Gasteiger partial charge in [0.15, 0.2) is 5.76 Å². The van der Waals surface area contributed by atoms with E-state index < -0.39 is 5.97 Å². The van der Waals surface area contributed by atoms with E-state index in [1.165, 1.54) is 11.8 Å². The van der Waals surface area contributed by atoms with E-state index in [9.17, 15) is 4.79 Å². The van der Waals surface area contributed by atoms with Gasteiger partial charge < -0.3 is 9.52 Å². The number of carboxylic acids is 1. The number of oxazole rings is 1. The number of nitrogens with zero attached hydrogens (tertiary/aromatic N) is 1. The molecule has 1 aromatic carbocycles. The van der Waals surface area contributed by atoms with Gasteiger partial charge in [-0.2, -0.15) is 0 Å². The van der Waals surface area contributed by atoms with Crippen molar-refractivity contribution in [3.63, 3.8) is 0 Å². The summed E-state index contributed by atoms with van der Waals surface area (Å²) in [7, 11) is 0. The van der Waals surface area contributed by atoms with Crippen molar-refractivity contribution >= 4 is 5.97 Å². The minimum atomic E-state index is -1.16. The van der Waals surface area contributed by atoms with Crippen LogP contribution in [0.1, 0.15) is 23.2 Å². The number of benzene rings is 1. The second-order valence-electron chi connectivity index (χ2n) is 3.39. The van der Waals surface area contributed by atoms with Gasteiger partial charge >= 0.3 is 11.9 Å². The molecule has 16 heavy (non-hydrogen) atoms. The minimum Gasteiger partial charge on any atom is -0.474 e. The van der Waals surface area contributed by atoms with E-state index in [-0.39, 0.29) is 5.89 Å². The van der Waals surface area contributed by atoms with Crippen LogP contribution in [0.3, 0.4) is 0 Å². The van der Waals surface area contributed by atoms with Gasteiger partial charge in [-0.05, 0) is 12.0 Å². The second kappa shape index (κ2) is 4.18. The van der Waals surface area contributed by atoms with Gasteiger partial charge in [-0.15, -0.1) is 0 Å². The summed E-state index contributed by atoms with van der Waals surface area (Å²) in [6.07, 6.45) is 2.39. The Morgan fingerprint density at radius 1 is 1.38 bits per heavy atom. The molecule has 0 fully saturated rings. The quantitative estimate of drug-likeness (QED) is 0.858. The number of carboxylic acid groups (broad SMARTS) is 1. The Balaban J connectivity index is 2.31. The van der Waals surface area contributed by atoms with Gasteiger partial charge in [-0.3, -0.25) is 0 Å². The predicted octanol–water partition coefficient (Wildman–Crippen LogP) is 2.60. The van der Waals surface area contributed by atoms with Crippen molar-refractivity contribution in [2.24, 2.45) is 0 Å². The third-order valence-electron chi connectivity index (χ3n) is 2.34. The molecule has 0 spiro atoms. The van der Waals surface area contributed by atoms with Gasteiger partial charge in [0.1, 0.15) is 0 Å². The average Bonchev–Trinajstić information content (AvgIpc) is 2.78. The lowest BCUT2D eigenvalue weighted by molar-refractivity contribution is 0.0654. The molecule has 0 aliphatic rings. The van der Waals surface area contributed by atoms with Crippen LogP contribution in [0.5, 0.6) is 0 Å². The highest BCUT2D eigenvalue weighted by molar-refractivity contribution is 5.82. The number of carbonyl (C=O) groups is 1. The molecule has 0 atom stereocenters. The van der Waals surface area contributed by atoms with Crippen LogP contribution in [0.4, 0.5) is 0 Å². The molecule has 0 radical (unpaired) electrons. The van der Waals surface area contributed by atoms with Crippen LogP contribution in [0.15, 0.2) is 34.9 Å². The highest BCUT2D eigenvalue weighted by Gasteiger charge is 2.11. The molecule has 0 amide bonds. The second-order valence-corrected chi connectivity index (χ2v) is 3.39. The Bertz CT molecular complexity index is 499. The normalized spacial score (nSPS) is 10.3. The number of hydrogen-bond donors (Lipinski definition) is 1. The molecule has 0 unspecified atom stereocenters.